The highest BCUT2D eigenvalue weighted by atomic mass is 19.4. The number of pyridine rings is 1. The lowest BCUT2D eigenvalue weighted by molar-refractivity contribution is -0.142. The van der Waals surface area contributed by atoms with E-state index in [0.717, 1.165) is 17.7 Å². The number of alkyl halides is 3. The van der Waals surface area contributed by atoms with E-state index in [9.17, 15) is 13.2 Å². The maximum atomic E-state index is 12.8. The van der Waals surface area contributed by atoms with Crippen molar-refractivity contribution in [2.45, 2.75) is 32.7 Å². The summed E-state index contributed by atoms with van der Waals surface area (Å²) >= 11 is 0. The molecule has 130 valence electrons. The van der Waals surface area contributed by atoms with Gasteiger partial charge in [-0.25, -0.2) is 0 Å². The Hall–Kier alpha value is -1.92. The second-order valence-electron chi connectivity index (χ2n) is 5.21. The molecule has 0 aliphatic heterocycles. The minimum atomic E-state index is -4.33. The highest BCUT2D eigenvalue weighted by Gasteiger charge is 2.30. The van der Waals surface area contributed by atoms with Crippen molar-refractivity contribution in [1.29, 1.82) is 0 Å². The fraction of sp³-hybridized carbons (Fsp3) is 0.389. The van der Waals surface area contributed by atoms with Gasteiger partial charge in [-0.2, -0.15) is 13.2 Å². The van der Waals surface area contributed by atoms with Crippen LogP contribution in [0.25, 0.3) is 0 Å². The molecule has 0 aliphatic rings. The first kappa shape index (κ1) is 18.4. The van der Waals surface area contributed by atoms with Crippen LogP contribution in [0.2, 0.25) is 0 Å². The number of ether oxygens (including phenoxy) is 2. The zero-order valence-electron chi connectivity index (χ0n) is 13.6. The molecule has 0 saturated heterocycles. The first-order valence-corrected chi connectivity index (χ1v) is 7.78. The number of hydrogen-bond donors (Lipinski definition) is 0. The van der Waals surface area contributed by atoms with E-state index in [4.69, 9.17) is 9.47 Å². The minimum absolute atomic E-state index is 0.380. The van der Waals surface area contributed by atoms with E-state index >= 15 is 0 Å². The molecule has 0 radical (unpaired) electrons. The van der Waals surface area contributed by atoms with Crippen LogP contribution >= 0.6 is 0 Å². The van der Waals surface area contributed by atoms with Crippen LogP contribution in [0.1, 0.15) is 42.5 Å². The third-order valence-electron chi connectivity index (χ3n) is 3.39. The zero-order chi connectivity index (χ0) is 17.6. The highest BCUT2D eigenvalue weighted by Crippen LogP contribution is 2.30. The highest BCUT2D eigenvalue weighted by molar-refractivity contribution is 5.30. The number of hydrogen-bond acceptors (Lipinski definition) is 3. The molecule has 6 heteroatoms. The van der Waals surface area contributed by atoms with E-state index in [1.807, 2.05) is 19.9 Å². The first-order valence-electron chi connectivity index (χ1n) is 7.78. The van der Waals surface area contributed by atoms with Gasteiger partial charge in [0.15, 0.2) is 0 Å². The van der Waals surface area contributed by atoms with Crippen LogP contribution in [0, 0.1) is 0 Å². The van der Waals surface area contributed by atoms with Gasteiger partial charge in [0.05, 0.1) is 11.3 Å². The lowest BCUT2D eigenvalue weighted by Crippen LogP contribution is -2.10. The molecule has 24 heavy (non-hydrogen) atoms. The molecular weight excluding hydrogens is 319 g/mol. The van der Waals surface area contributed by atoms with Gasteiger partial charge in [0.2, 0.25) is 6.29 Å². The number of nitrogens with zero attached hydrogens (tertiary/aromatic N) is 1. The summed E-state index contributed by atoms with van der Waals surface area (Å²) in [6.45, 7) is 4.73. The van der Waals surface area contributed by atoms with Crippen LogP contribution in [0.3, 0.4) is 0 Å². The van der Waals surface area contributed by atoms with Crippen LogP contribution in [0.5, 0.6) is 0 Å². The van der Waals surface area contributed by atoms with E-state index in [1.54, 1.807) is 18.3 Å². The van der Waals surface area contributed by atoms with Crippen molar-refractivity contribution in [1.82, 2.24) is 4.98 Å². The Morgan fingerprint density at radius 3 is 2.25 bits per heavy atom. The molecule has 3 nitrogen and oxygen atoms in total. The standard InChI is InChI=1S/C18H20F3NO2/c1-3-23-17(24-4-2)16-9-8-14(12-22-16)10-13-6-5-7-15(11-13)18(19,20)21/h5-9,11-12,17H,3-4,10H2,1-2H3. The van der Waals surface area contributed by atoms with Crippen LogP contribution in [-0.2, 0) is 22.1 Å². The van der Waals surface area contributed by atoms with Crippen molar-refractivity contribution in [3.63, 3.8) is 0 Å². The second kappa shape index (κ2) is 8.26. The van der Waals surface area contributed by atoms with Crippen molar-refractivity contribution in [2.75, 3.05) is 13.2 Å². The molecule has 1 aromatic heterocycles. The molecule has 0 spiro atoms. The second-order valence-corrected chi connectivity index (χ2v) is 5.21. The van der Waals surface area contributed by atoms with E-state index in [-0.39, 0.29) is 0 Å². The summed E-state index contributed by atoms with van der Waals surface area (Å²) in [7, 11) is 0. The number of benzene rings is 1. The Morgan fingerprint density at radius 2 is 1.71 bits per heavy atom. The van der Waals surface area contributed by atoms with Crippen molar-refractivity contribution in [3.05, 3.63) is 65.0 Å². The van der Waals surface area contributed by atoms with Crippen LogP contribution < -0.4 is 0 Å². The van der Waals surface area contributed by atoms with Gasteiger partial charge in [-0.1, -0.05) is 24.3 Å². The SMILES string of the molecule is CCOC(OCC)c1ccc(Cc2cccc(C(F)(F)F)c2)cn1. The van der Waals surface area contributed by atoms with Gasteiger partial charge in [-0.05, 0) is 43.5 Å². The maximum Gasteiger partial charge on any atom is 0.416 e. The van der Waals surface area contributed by atoms with E-state index in [0.29, 0.717) is 30.9 Å². The molecule has 0 fully saturated rings. The van der Waals surface area contributed by atoms with Gasteiger partial charge in [0.1, 0.15) is 0 Å². The van der Waals surface area contributed by atoms with Gasteiger partial charge < -0.3 is 9.47 Å². The monoisotopic (exact) mass is 339 g/mol. The van der Waals surface area contributed by atoms with Crippen molar-refractivity contribution in [2.24, 2.45) is 0 Å². The summed E-state index contributed by atoms with van der Waals surface area (Å²) in [5.41, 5.74) is 1.42. The number of aromatic nitrogens is 1. The molecule has 0 amide bonds. The number of halogens is 3. The molecule has 0 bridgehead atoms. The molecule has 0 aliphatic carbocycles. The molecule has 0 saturated carbocycles. The quantitative estimate of drug-likeness (QED) is 0.681. The normalized spacial score (nSPS) is 11.9. The third kappa shape index (κ3) is 5.04. The lowest BCUT2D eigenvalue weighted by Gasteiger charge is -2.16. The average molecular weight is 339 g/mol. The van der Waals surface area contributed by atoms with Crippen molar-refractivity contribution in [3.8, 4) is 0 Å². The van der Waals surface area contributed by atoms with Gasteiger partial charge >= 0.3 is 6.18 Å². The van der Waals surface area contributed by atoms with Crippen LogP contribution in [0.4, 0.5) is 13.2 Å². The summed E-state index contributed by atoms with van der Waals surface area (Å²) in [6, 6.07) is 8.93. The fourth-order valence-electron chi connectivity index (χ4n) is 2.29. The average Bonchev–Trinajstić information content (AvgIpc) is 2.55. The molecular formula is C18H20F3NO2. The molecule has 2 aromatic rings. The zero-order valence-corrected chi connectivity index (χ0v) is 13.6. The summed E-state index contributed by atoms with van der Waals surface area (Å²) in [6.07, 6.45) is -2.84. The van der Waals surface area contributed by atoms with Crippen LogP contribution in [-0.4, -0.2) is 18.2 Å². The van der Waals surface area contributed by atoms with Crippen molar-refractivity contribution < 1.29 is 22.6 Å². The van der Waals surface area contributed by atoms with Gasteiger partial charge in [0.25, 0.3) is 0 Å². The van der Waals surface area contributed by atoms with Gasteiger partial charge in [0, 0.05) is 19.4 Å². The third-order valence-corrected chi connectivity index (χ3v) is 3.39. The van der Waals surface area contributed by atoms with E-state index in [2.05, 4.69) is 4.98 Å². The molecule has 0 atom stereocenters. The summed E-state index contributed by atoms with van der Waals surface area (Å²) in [5, 5.41) is 0. The Kier molecular flexibility index (Phi) is 6.34. The number of rotatable bonds is 7. The summed E-state index contributed by atoms with van der Waals surface area (Å²) in [5.74, 6) is 0. The lowest BCUT2D eigenvalue weighted by atomic mass is 10.0. The minimum Gasteiger partial charge on any atom is -0.347 e. The maximum absolute atomic E-state index is 12.8. The molecule has 1 heterocycles. The molecule has 0 unspecified atom stereocenters. The van der Waals surface area contributed by atoms with Gasteiger partial charge in [-0.3, -0.25) is 4.98 Å². The largest absolute Gasteiger partial charge is 0.416 e. The smallest absolute Gasteiger partial charge is 0.347 e. The van der Waals surface area contributed by atoms with E-state index in [1.165, 1.54) is 6.07 Å². The predicted molar refractivity (Wildman–Crippen MR) is 84.5 cm³/mol. The topological polar surface area (TPSA) is 31.4 Å². The van der Waals surface area contributed by atoms with Crippen LogP contribution in [0.15, 0.2) is 42.6 Å². The molecule has 2 rings (SSSR count). The van der Waals surface area contributed by atoms with E-state index < -0.39 is 18.0 Å². The summed E-state index contributed by atoms with van der Waals surface area (Å²) < 4.78 is 49.2. The van der Waals surface area contributed by atoms with Crippen molar-refractivity contribution >= 4 is 0 Å². The Morgan fingerprint density at radius 1 is 1.00 bits per heavy atom. The Labute approximate surface area is 139 Å². The predicted octanol–water partition coefficient (Wildman–Crippen LogP) is 4.76. The Bertz CT molecular complexity index is 635. The first-order chi connectivity index (χ1) is 11.4. The fourth-order valence-corrected chi connectivity index (χ4v) is 2.29. The Balaban J connectivity index is 2.11. The molecule has 0 N–H and O–H groups in total. The summed E-state index contributed by atoms with van der Waals surface area (Å²) in [4.78, 5) is 4.31. The van der Waals surface area contributed by atoms with Gasteiger partial charge in [-0.15, -0.1) is 0 Å². The molecule has 1 aromatic carbocycles.